The molecule has 21 heavy (non-hydrogen) atoms. The molecule has 0 fully saturated rings. The van der Waals surface area contributed by atoms with E-state index in [1.165, 1.54) is 0 Å². The van der Waals surface area contributed by atoms with Crippen LogP contribution in [0, 0.1) is 5.92 Å². The predicted molar refractivity (Wildman–Crippen MR) is 75.3 cm³/mol. The standard InChI is InChI=1S/C13H19N3O5/c1-7(12(19)20)4-3-5-8(2)14-11(18)9-6-10(17)16-13(21)15-9/h6-8H,3-5H2,1-2H3,(H,14,18)(H,19,20)(H2,15,16,17,21). The van der Waals surface area contributed by atoms with E-state index < -0.39 is 29.0 Å². The minimum Gasteiger partial charge on any atom is -0.481 e. The van der Waals surface area contributed by atoms with Gasteiger partial charge in [0.2, 0.25) is 0 Å². The number of aromatic nitrogens is 2. The average molecular weight is 297 g/mol. The summed E-state index contributed by atoms with van der Waals surface area (Å²) in [7, 11) is 0. The summed E-state index contributed by atoms with van der Waals surface area (Å²) in [4.78, 5) is 48.9. The Morgan fingerprint density at radius 1 is 1.24 bits per heavy atom. The Morgan fingerprint density at radius 2 is 1.90 bits per heavy atom. The molecule has 1 aromatic rings. The van der Waals surface area contributed by atoms with Gasteiger partial charge in [0.15, 0.2) is 0 Å². The van der Waals surface area contributed by atoms with Gasteiger partial charge in [-0.1, -0.05) is 13.3 Å². The first kappa shape index (κ1) is 16.7. The van der Waals surface area contributed by atoms with Gasteiger partial charge in [-0.25, -0.2) is 4.79 Å². The zero-order chi connectivity index (χ0) is 16.0. The molecule has 1 aromatic heterocycles. The van der Waals surface area contributed by atoms with Crippen molar-refractivity contribution in [2.75, 3.05) is 0 Å². The van der Waals surface area contributed by atoms with Crippen molar-refractivity contribution in [1.82, 2.24) is 15.3 Å². The maximum Gasteiger partial charge on any atom is 0.326 e. The average Bonchev–Trinajstić information content (AvgIpc) is 2.37. The number of aliphatic carboxylic acids is 1. The maximum absolute atomic E-state index is 11.8. The summed E-state index contributed by atoms with van der Waals surface area (Å²) in [6, 6.07) is 0.817. The zero-order valence-corrected chi connectivity index (χ0v) is 11.9. The number of H-pyrrole nitrogens is 2. The van der Waals surface area contributed by atoms with Crippen LogP contribution in [-0.2, 0) is 4.79 Å². The Balaban J connectivity index is 2.49. The van der Waals surface area contributed by atoms with Gasteiger partial charge >= 0.3 is 11.7 Å². The lowest BCUT2D eigenvalue weighted by Gasteiger charge is -2.14. The fourth-order valence-corrected chi connectivity index (χ4v) is 1.82. The molecule has 2 atom stereocenters. The van der Waals surface area contributed by atoms with E-state index in [2.05, 4.69) is 10.3 Å². The second kappa shape index (κ2) is 7.41. The van der Waals surface area contributed by atoms with Crippen molar-refractivity contribution < 1.29 is 14.7 Å². The van der Waals surface area contributed by atoms with Gasteiger partial charge in [-0.15, -0.1) is 0 Å². The molecule has 0 aliphatic carbocycles. The Bertz CT molecular complexity index is 590. The van der Waals surface area contributed by atoms with Crippen LogP contribution in [0.25, 0.3) is 0 Å². The van der Waals surface area contributed by atoms with Gasteiger partial charge in [0.1, 0.15) is 5.69 Å². The Hall–Kier alpha value is -2.38. The number of amides is 1. The van der Waals surface area contributed by atoms with Crippen molar-refractivity contribution in [2.45, 2.75) is 39.2 Å². The first-order valence-electron chi connectivity index (χ1n) is 6.67. The number of carboxylic acids is 1. The van der Waals surface area contributed by atoms with Gasteiger partial charge in [-0.2, -0.15) is 0 Å². The molecule has 4 N–H and O–H groups in total. The first-order chi connectivity index (χ1) is 9.79. The Labute approximate surface area is 120 Å². The third kappa shape index (κ3) is 5.64. The third-order valence-corrected chi connectivity index (χ3v) is 3.08. The van der Waals surface area contributed by atoms with Crippen molar-refractivity contribution >= 4 is 11.9 Å². The second-order valence-electron chi connectivity index (χ2n) is 5.05. The van der Waals surface area contributed by atoms with Crippen LogP contribution >= 0.6 is 0 Å². The molecule has 1 amide bonds. The van der Waals surface area contributed by atoms with E-state index in [0.29, 0.717) is 19.3 Å². The molecule has 0 saturated heterocycles. The first-order valence-corrected chi connectivity index (χ1v) is 6.67. The number of carboxylic acid groups (broad SMARTS) is 1. The highest BCUT2D eigenvalue weighted by molar-refractivity contribution is 5.92. The number of carbonyl (C=O) groups excluding carboxylic acids is 1. The lowest BCUT2D eigenvalue weighted by atomic mass is 10.0. The highest BCUT2D eigenvalue weighted by atomic mass is 16.4. The Kier molecular flexibility index (Phi) is 5.89. The van der Waals surface area contributed by atoms with Crippen LogP contribution in [0.1, 0.15) is 43.6 Å². The molecular weight excluding hydrogens is 278 g/mol. The molecule has 0 aliphatic rings. The number of carbonyl (C=O) groups is 2. The highest BCUT2D eigenvalue weighted by Gasteiger charge is 2.14. The smallest absolute Gasteiger partial charge is 0.326 e. The van der Waals surface area contributed by atoms with E-state index in [-0.39, 0.29) is 11.7 Å². The molecule has 116 valence electrons. The highest BCUT2D eigenvalue weighted by Crippen LogP contribution is 2.09. The number of rotatable bonds is 7. The quantitative estimate of drug-likeness (QED) is 0.565. The van der Waals surface area contributed by atoms with Crippen LogP contribution < -0.4 is 16.6 Å². The van der Waals surface area contributed by atoms with Gasteiger partial charge < -0.3 is 15.4 Å². The number of nitrogens with one attached hydrogen (secondary N) is 3. The van der Waals surface area contributed by atoms with Gasteiger partial charge in [0, 0.05) is 12.1 Å². The van der Waals surface area contributed by atoms with Gasteiger partial charge in [-0.05, 0) is 19.8 Å². The molecule has 0 aliphatic heterocycles. The molecule has 8 heteroatoms. The molecule has 8 nitrogen and oxygen atoms in total. The van der Waals surface area contributed by atoms with E-state index in [1.807, 2.05) is 4.98 Å². The van der Waals surface area contributed by atoms with Crippen molar-refractivity contribution in [3.63, 3.8) is 0 Å². The van der Waals surface area contributed by atoms with Crippen LogP contribution in [-0.4, -0.2) is 33.0 Å². The number of hydrogen-bond donors (Lipinski definition) is 4. The molecule has 1 heterocycles. The molecular formula is C13H19N3O5. The lowest BCUT2D eigenvalue weighted by Crippen LogP contribution is -2.36. The minimum absolute atomic E-state index is 0.102. The predicted octanol–water partition coefficient (Wildman–Crippen LogP) is 0.0725. The largest absolute Gasteiger partial charge is 0.481 e. The summed E-state index contributed by atoms with van der Waals surface area (Å²) in [5, 5.41) is 11.4. The van der Waals surface area contributed by atoms with E-state index >= 15 is 0 Å². The molecule has 0 radical (unpaired) electrons. The van der Waals surface area contributed by atoms with Crippen molar-refractivity contribution in [2.24, 2.45) is 5.92 Å². The molecule has 0 bridgehead atoms. The second-order valence-corrected chi connectivity index (χ2v) is 5.05. The lowest BCUT2D eigenvalue weighted by molar-refractivity contribution is -0.141. The molecule has 0 spiro atoms. The van der Waals surface area contributed by atoms with Gasteiger partial charge in [-0.3, -0.25) is 19.4 Å². The summed E-state index contributed by atoms with van der Waals surface area (Å²) in [5.74, 6) is -1.80. The van der Waals surface area contributed by atoms with Gasteiger partial charge in [0.05, 0.1) is 5.92 Å². The summed E-state index contributed by atoms with van der Waals surface area (Å²) < 4.78 is 0. The number of aromatic amines is 2. The topological polar surface area (TPSA) is 132 Å². The zero-order valence-electron chi connectivity index (χ0n) is 11.9. The fourth-order valence-electron chi connectivity index (χ4n) is 1.82. The molecule has 0 saturated carbocycles. The van der Waals surface area contributed by atoms with E-state index in [4.69, 9.17) is 5.11 Å². The molecule has 2 unspecified atom stereocenters. The fraction of sp³-hybridized carbons (Fsp3) is 0.538. The van der Waals surface area contributed by atoms with Gasteiger partial charge in [0.25, 0.3) is 11.5 Å². The third-order valence-electron chi connectivity index (χ3n) is 3.08. The van der Waals surface area contributed by atoms with E-state index in [0.717, 1.165) is 6.07 Å². The van der Waals surface area contributed by atoms with Crippen molar-refractivity contribution in [3.8, 4) is 0 Å². The van der Waals surface area contributed by atoms with Crippen molar-refractivity contribution in [3.05, 3.63) is 32.6 Å². The van der Waals surface area contributed by atoms with Crippen LogP contribution in [0.3, 0.4) is 0 Å². The normalized spacial score (nSPS) is 13.4. The summed E-state index contributed by atoms with van der Waals surface area (Å²) >= 11 is 0. The number of hydrogen-bond acceptors (Lipinski definition) is 4. The van der Waals surface area contributed by atoms with E-state index in [1.54, 1.807) is 13.8 Å². The van der Waals surface area contributed by atoms with Crippen LogP contribution in [0.2, 0.25) is 0 Å². The van der Waals surface area contributed by atoms with Crippen LogP contribution in [0.5, 0.6) is 0 Å². The summed E-state index contributed by atoms with van der Waals surface area (Å²) in [6.45, 7) is 3.40. The Morgan fingerprint density at radius 3 is 2.48 bits per heavy atom. The summed E-state index contributed by atoms with van der Waals surface area (Å²) in [6.07, 6.45) is 1.79. The van der Waals surface area contributed by atoms with E-state index in [9.17, 15) is 19.2 Å². The minimum atomic E-state index is -0.840. The molecule has 0 aromatic carbocycles. The SMILES string of the molecule is CC(CCCC(C)C(=O)O)NC(=O)c1cc(=O)[nH]c(=O)[nH]1. The molecule has 1 rings (SSSR count). The monoisotopic (exact) mass is 297 g/mol. The van der Waals surface area contributed by atoms with Crippen LogP contribution in [0.15, 0.2) is 15.7 Å². The van der Waals surface area contributed by atoms with Crippen molar-refractivity contribution in [1.29, 1.82) is 0 Å². The summed E-state index contributed by atoms with van der Waals surface area (Å²) in [5.41, 5.74) is -1.49. The maximum atomic E-state index is 11.8. The van der Waals surface area contributed by atoms with Crippen LogP contribution in [0.4, 0.5) is 0 Å².